The minimum Gasteiger partial charge on any atom is -0.481 e. The van der Waals surface area contributed by atoms with Crippen molar-refractivity contribution in [2.45, 2.75) is 44.4 Å². The van der Waals surface area contributed by atoms with E-state index in [0.717, 1.165) is 12.8 Å². The van der Waals surface area contributed by atoms with E-state index in [0.29, 0.717) is 30.9 Å². The summed E-state index contributed by atoms with van der Waals surface area (Å²) in [7, 11) is -3.56. The summed E-state index contributed by atoms with van der Waals surface area (Å²) < 4.78 is 26.9. The monoisotopic (exact) mass is 315 g/mol. The molecule has 1 aliphatic heterocycles. The molecule has 0 bridgehead atoms. The van der Waals surface area contributed by atoms with Gasteiger partial charge in [0.25, 0.3) is 0 Å². The van der Waals surface area contributed by atoms with Gasteiger partial charge in [-0.25, -0.2) is 8.42 Å². The molecule has 0 aliphatic carbocycles. The molecule has 2 N–H and O–H groups in total. The van der Waals surface area contributed by atoms with Crippen molar-refractivity contribution >= 4 is 16.0 Å². The van der Waals surface area contributed by atoms with Gasteiger partial charge in [0.15, 0.2) is 0 Å². The molecule has 1 fully saturated rings. The van der Waals surface area contributed by atoms with Crippen LogP contribution in [0.15, 0.2) is 4.90 Å². The van der Waals surface area contributed by atoms with Crippen LogP contribution in [0.4, 0.5) is 0 Å². The third-order valence-corrected chi connectivity index (χ3v) is 6.04. The molecule has 1 aromatic rings. The fourth-order valence-corrected chi connectivity index (χ4v) is 4.74. The van der Waals surface area contributed by atoms with Gasteiger partial charge in [0, 0.05) is 19.5 Å². The van der Waals surface area contributed by atoms with Gasteiger partial charge in [-0.1, -0.05) is 0 Å². The lowest BCUT2D eigenvalue weighted by Gasteiger charge is -2.31. The number of aryl methyl sites for hydroxylation is 2. The normalized spacial score (nSPS) is 20.6. The molecule has 0 amide bonds. The lowest BCUT2D eigenvalue weighted by atomic mass is 9.95. The van der Waals surface area contributed by atoms with Gasteiger partial charge in [-0.05, 0) is 39.0 Å². The number of nitrogens with one attached hydrogen (secondary N) is 1. The van der Waals surface area contributed by atoms with Gasteiger partial charge in [-0.3, -0.25) is 9.89 Å². The fourth-order valence-electron chi connectivity index (χ4n) is 2.86. The Morgan fingerprint density at radius 1 is 1.48 bits per heavy atom. The maximum atomic E-state index is 12.7. The first-order chi connectivity index (χ1) is 9.82. The first kappa shape index (κ1) is 16.0. The highest BCUT2D eigenvalue weighted by Crippen LogP contribution is 2.28. The molecule has 2 rings (SSSR count). The highest BCUT2D eigenvalue weighted by molar-refractivity contribution is 7.89. The first-order valence-corrected chi connectivity index (χ1v) is 8.50. The molecule has 0 radical (unpaired) electrons. The van der Waals surface area contributed by atoms with E-state index in [9.17, 15) is 13.2 Å². The van der Waals surface area contributed by atoms with Crippen LogP contribution in [0.3, 0.4) is 0 Å². The molecule has 118 valence electrons. The Bertz CT molecular complexity index is 604. The number of carbonyl (C=O) groups is 1. The van der Waals surface area contributed by atoms with E-state index in [4.69, 9.17) is 5.11 Å². The number of sulfonamides is 1. The molecular weight excluding hydrogens is 294 g/mol. The molecule has 1 atom stereocenters. The molecular formula is C13H21N3O4S. The van der Waals surface area contributed by atoms with Crippen molar-refractivity contribution in [1.29, 1.82) is 0 Å². The summed E-state index contributed by atoms with van der Waals surface area (Å²) in [5.74, 6) is -0.728. The summed E-state index contributed by atoms with van der Waals surface area (Å²) in [6.45, 7) is 4.23. The van der Waals surface area contributed by atoms with Crippen LogP contribution in [0, 0.1) is 19.8 Å². The molecule has 0 saturated carbocycles. The Kier molecular flexibility index (Phi) is 4.67. The van der Waals surface area contributed by atoms with Crippen molar-refractivity contribution in [1.82, 2.24) is 14.5 Å². The fraction of sp³-hybridized carbons (Fsp3) is 0.692. The minimum atomic E-state index is -3.56. The minimum absolute atomic E-state index is 0.0856. The van der Waals surface area contributed by atoms with Gasteiger partial charge in [-0.2, -0.15) is 9.40 Å². The topological polar surface area (TPSA) is 103 Å². The van der Waals surface area contributed by atoms with Crippen molar-refractivity contribution < 1.29 is 18.3 Å². The molecule has 21 heavy (non-hydrogen) atoms. The summed E-state index contributed by atoms with van der Waals surface area (Å²) in [5, 5.41) is 15.4. The zero-order valence-corrected chi connectivity index (χ0v) is 13.1. The van der Waals surface area contributed by atoms with Crippen LogP contribution in [0.5, 0.6) is 0 Å². The second-order valence-corrected chi connectivity index (χ2v) is 7.44. The van der Waals surface area contributed by atoms with Gasteiger partial charge in [-0.15, -0.1) is 0 Å². The molecule has 1 aliphatic rings. The van der Waals surface area contributed by atoms with Crippen molar-refractivity contribution in [2.75, 3.05) is 13.1 Å². The zero-order chi connectivity index (χ0) is 15.6. The number of carboxylic acid groups (broad SMARTS) is 1. The standard InChI is InChI=1S/C13H21N3O4S/c1-9-13(10(2)15-14-9)21(19,20)16-7-3-4-11(8-16)5-6-12(17)18/h11H,3-8H2,1-2H3,(H,14,15)(H,17,18). The van der Waals surface area contributed by atoms with Crippen molar-refractivity contribution in [2.24, 2.45) is 5.92 Å². The molecule has 0 spiro atoms. The number of H-pyrrole nitrogens is 1. The quantitative estimate of drug-likeness (QED) is 0.852. The number of aromatic nitrogens is 2. The van der Waals surface area contributed by atoms with E-state index in [2.05, 4.69) is 10.2 Å². The van der Waals surface area contributed by atoms with Crippen LogP contribution in [-0.2, 0) is 14.8 Å². The van der Waals surface area contributed by atoms with E-state index in [1.165, 1.54) is 4.31 Å². The molecule has 1 unspecified atom stereocenters. The molecule has 7 nitrogen and oxygen atoms in total. The van der Waals surface area contributed by atoms with Crippen LogP contribution in [-0.4, -0.2) is 47.1 Å². The van der Waals surface area contributed by atoms with Crippen LogP contribution < -0.4 is 0 Å². The summed E-state index contributed by atoms with van der Waals surface area (Å²) in [4.78, 5) is 10.9. The van der Waals surface area contributed by atoms with Gasteiger partial charge in [0.2, 0.25) is 10.0 Å². The number of aromatic amines is 1. The highest BCUT2D eigenvalue weighted by Gasteiger charge is 2.33. The van der Waals surface area contributed by atoms with Crippen LogP contribution >= 0.6 is 0 Å². The maximum Gasteiger partial charge on any atom is 0.303 e. The van der Waals surface area contributed by atoms with E-state index >= 15 is 0 Å². The Morgan fingerprint density at radius 2 is 2.19 bits per heavy atom. The second-order valence-electron chi connectivity index (χ2n) is 5.57. The molecule has 0 aromatic carbocycles. The first-order valence-electron chi connectivity index (χ1n) is 7.06. The summed E-state index contributed by atoms with van der Waals surface area (Å²) in [6.07, 6.45) is 2.25. The van der Waals surface area contributed by atoms with E-state index in [-0.39, 0.29) is 17.2 Å². The van der Waals surface area contributed by atoms with Crippen molar-refractivity contribution in [3.8, 4) is 0 Å². The van der Waals surface area contributed by atoms with Crippen LogP contribution in [0.1, 0.15) is 37.1 Å². The van der Waals surface area contributed by atoms with E-state index in [1.54, 1.807) is 13.8 Å². The van der Waals surface area contributed by atoms with E-state index < -0.39 is 16.0 Å². The highest BCUT2D eigenvalue weighted by atomic mass is 32.2. The average Bonchev–Trinajstić information content (AvgIpc) is 2.76. The number of hydrogen-bond acceptors (Lipinski definition) is 4. The Labute approximate surface area is 124 Å². The maximum absolute atomic E-state index is 12.7. The van der Waals surface area contributed by atoms with Gasteiger partial charge < -0.3 is 5.11 Å². The average molecular weight is 315 g/mol. The lowest BCUT2D eigenvalue weighted by molar-refractivity contribution is -0.137. The van der Waals surface area contributed by atoms with Crippen molar-refractivity contribution in [3.05, 3.63) is 11.4 Å². The predicted octanol–water partition coefficient (Wildman–Crippen LogP) is 1.29. The van der Waals surface area contributed by atoms with Crippen LogP contribution in [0.2, 0.25) is 0 Å². The number of piperidine rings is 1. The number of hydrogen-bond donors (Lipinski definition) is 2. The van der Waals surface area contributed by atoms with Gasteiger partial charge >= 0.3 is 5.97 Å². The summed E-state index contributed by atoms with van der Waals surface area (Å²) in [6, 6.07) is 0. The Morgan fingerprint density at radius 3 is 2.76 bits per heavy atom. The number of aliphatic carboxylic acids is 1. The zero-order valence-electron chi connectivity index (χ0n) is 12.3. The largest absolute Gasteiger partial charge is 0.481 e. The molecule has 8 heteroatoms. The predicted molar refractivity (Wildman–Crippen MR) is 76.4 cm³/mol. The Hall–Kier alpha value is -1.41. The molecule has 1 aromatic heterocycles. The number of carboxylic acids is 1. The summed E-state index contributed by atoms with van der Waals surface area (Å²) in [5.41, 5.74) is 1.01. The third kappa shape index (κ3) is 3.44. The van der Waals surface area contributed by atoms with E-state index in [1.807, 2.05) is 0 Å². The Balaban J connectivity index is 2.15. The SMILES string of the molecule is Cc1n[nH]c(C)c1S(=O)(=O)N1CCCC(CCC(=O)O)C1. The van der Waals surface area contributed by atoms with Gasteiger partial charge in [0.1, 0.15) is 4.90 Å². The number of nitrogens with zero attached hydrogens (tertiary/aromatic N) is 2. The van der Waals surface area contributed by atoms with Crippen LogP contribution in [0.25, 0.3) is 0 Å². The lowest BCUT2D eigenvalue weighted by Crippen LogP contribution is -2.40. The number of rotatable bonds is 5. The van der Waals surface area contributed by atoms with Gasteiger partial charge in [0.05, 0.1) is 11.4 Å². The molecule has 1 saturated heterocycles. The molecule has 2 heterocycles. The smallest absolute Gasteiger partial charge is 0.303 e. The summed E-state index contributed by atoms with van der Waals surface area (Å²) >= 11 is 0. The third-order valence-electron chi connectivity index (χ3n) is 3.91. The van der Waals surface area contributed by atoms with Crippen molar-refractivity contribution in [3.63, 3.8) is 0 Å². The second kappa shape index (κ2) is 6.15.